The fourth-order valence-corrected chi connectivity index (χ4v) is 1.39. The van der Waals surface area contributed by atoms with Crippen LogP contribution < -0.4 is 5.73 Å². The van der Waals surface area contributed by atoms with Crippen LogP contribution >= 0.6 is 12.2 Å². The van der Waals surface area contributed by atoms with Crippen LogP contribution in [-0.4, -0.2) is 26.8 Å². The maximum atomic E-state index is 10.5. The first-order valence-electron chi connectivity index (χ1n) is 4.66. The van der Waals surface area contributed by atoms with E-state index in [9.17, 15) is 9.90 Å². The highest BCUT2D eigenvalue weighted by Gasteiger charge is 2.32. The Hall–Kier alpha value is -0.680. The Morgan fingerprint density at radius 3 is 2.43 bits per heavy atom. The summed E-state index contributed by atoms with van der Waals surface area (Å²) in [5.41, 5.74) is 3.80. The van der Waals surface area contributed by atoms with Crippen molar-refractivity contribution in [3.63, 3.8) is 0 Å². The predicted molar refractivity (Wildman–Crippen MR) is 58.1 cm³/mol. The van der Waals surface area contributed by atoms with Gasteiger partial charge in [-0.2, -0.15) is 0 Å². The molecule has 0 bridgehead atoms. The quantitative estimate of drug-likeness (QED) is 0.440. The van der Waals surface area contributed by atoms with Gasteiger partial charge in [0.15, 0.2) is 0 Å². The number of hydrogen-bond donors (Lipinski definition) is 3. The molecule has 1 atom stereocenters. The summed E-state index contributed by atoms with van der Waals surface area (Å²) < 4.78 is 0. The van der Waals surface area contributed by atoms with Crippen LogP contribution in [-0.2, 0) is 4.79 Å². The molecule has 0 fully saturated rings. The highest BCUT2D eigenvalue weighted by Crippen LogP contribution is 2.19. The molecule has 0 amide bonds. The Morgan fingerprint density at radius 1 is 1.50 bits per heavy atom. The Morgan fingerprint density at radius 2 is 2.07 bits per heavy atom. The van der Waals surface area contributed by atoms with E-state index in [1.165, 1.54) is 0 Å². The molecule has 82 valence electrons. The van der Waals surface area contributed by atoms with Crippen molar-refractivity contribution in [3.05, 3.63) is 0 Å². The lowest BCUT2D eigenvalue weighted by Gasteiger charge is -2.24. The molecule has 0 radical (unpaired) electrons. The number of thiocarbonyl (C=S) groups is 1. The summed E-state index contributed by atoms with van der Waals surface area (Å²) in [4.78, 5) is 10.3. The summed E-state index contributed by atoms with van der Waals surface area (Å²) in [6.07, 6.45) is 2.58. The molecular weight excluding hydrogens is 202 g/mol. The van der Waals surface area contributed by atoms with E-state index in [4.69, 9.17) is 10.8 Å². The van der Waals surface area contributed by atoms with E-state index in [1.807, 2.05) is 6.92 Å². The van der Waals surface area contributed by atoms with Gasteiger partial charge in [-0.05, 0) is 6.42 Å². The molecule has 0 heterocycles. The van der Waals surface area contributed by atoms with Gasteiger partial charge in [-0.25, -0.2) is 0 Å². The summed E-state index contributed by atoms with van der Waals surface area (Å²) >= 11 is 4.66. The first-order valence-corrected chi connectivity index (χ1v) is 5.07. The summed E-state index contributed by atoms with van der Waals surface area (Å²) in [5, 5.41) is 18.4. The maximum Gasteiger partial charge on any atom is 0.306 e. The highest BCUT2D eigenvalue weighted by molar-refractivity contribution is 7.80. The molecule has 0 aliphatic heterocycles. The van der Waals surface area contributed by atoms with Crippen molar-refractivity contribution in [1.29, 1.82) is 0 Å². The number of carboxylic acid groups (broad SMARTS) is 1. The number of aliphatic hydroxyl groups is 1. The number of unbranched alkanes of at least 4 members (excludes halogenated alkanes) is 2. The van der Waals surface area contributed by atoms with Gasteiger partial charge in [0.05, 0.1) is 6.42 Å². The molecule has 4 nitrogen and oxygen atoms in total. The number of carboxylic acids is 1. The molecule has 4 N–H and O–H groups in total. The average molecular weight is 219 g/mol. The Kier molecular flexibility index (Phi) is 5.64. The van der Waals surface area contributed by atoms with E-state index in [1.54, 1.807) is 0 Å². The van der Waals surface area contributed by atoms with Gasteiger partial charge in [0.1, 0.15) is 10.6 Å². The number of aliphatic carboxylic acids is 1. The first kappa shape index (κ1) is 13.3. The average Bonchev–Trinajstić information content (AvgIpc) is 2.03. The molecule has 0 rings (SSSR count). The lowest BCUT2D eigenvalue weighted by atomic mass is 9.92. The van der Waals surface area contributed by atoms with Crippen LogP contribution in [0.1, 0.15) is 39.0 Å². The second-order valence-corrected chi connectivity index (χ2v) is 3.86. The predicted octanol–water partition coefficient (Wildman–Crippen LogP) is 1.06. The standard InChI is InChI=1S/C9H17NO3S/c1-2-3-4-5-9(13,8(10)14)6-7(11)12/h13H,2-6H2,1H3,(H2,10,14)(H,11,12). The Labute approximate surface area is 89.1 Å². The lowest BCUT2D eigenvalue weighted by Crippen LogP contribution is -2.44. The SMILES string of the molecule is CCCCCC(O)(CC(=O)O)C(N)=S. The van der Waals surface area contributed by atoms with E-state index in [0.29, 0.717) is 6.42 Å². The van der Waals surface area contributed by atoms with Crippen molar-refractivity contribution < 1.29 is 15.0 Å². The van der Waals surface area contributed by atoms with Crippen molar-refractivity contribution in [1.82, 2.24) is 0 Å². The number of carbonyl (C=O) groups is 1. The van der Waals surface area contributed by atoms with Crippen molar-refractivity contribution in [2.24, 2.45) is 5.73 Å². The summed E-state index contributed by atoms with van der Waals surface area (Å²) in [7, 11) is 0. The second-order valence-electron chi connectivity index (χ2n) is 3.42. The maximum absolute atomic E-state index is 10.5. The van der Waals surface area contributed by atoms with Crippen LogP contribution in [0.4, 0.5) is 0 Å². The number of rotatable bonds is 7. The molecule has 0 saturated heterocycles. The molecule has 0 spiro atoms. The normalized spacial score (nSPS) is 14.7. The zero-order valence-corrected chi connectivity index (χ0v) is 9.14. The Bertz CT molecular complexity index is 220. The monoisotopic (exact) mass is 219 g/mol. The smallest absolute Gasteiger partial charge is 0.306 e. The van der Waals surface area contributed by atoms with Crippen LogP contribution in [0.15, 0.2) is 0 Å². The van der Waals surface area contributed by atoms with Crippen molar-refractivity contribution in [2.75, 3.05) is 0 Å². The summed E-state index contributed by atoms with van der Waals surface area (Å²) in [6, 6.07) is 0. The molecular formula is C9H17NO3S. The molecule has 0 aliphatic rings. The van der Waals surface area contributed by atoms with E-state index in [2.05, 4.69) is 12.2 Å². The minimum atomic E-state index is -1.52. The first-order chi connectivity index (χ1) is 6.42. The molecule has 0 aromatic rings. The van der Waals surface area contributed by atoms with E-state index >= 15 is 0 Å². The summed E-state index contributed by atoms with van der Waals surface area (Å²) in [6.45, 7) is 2.02. The minimum absolute atomic E-state index is 0.129. The van der Waals surface area contributed by atoms with Crippen LogP contribution in [0.3, 0.4) is 0 Å². The molecule has 1 unspecified atom stereocenters. The number of nitrogens with two attached hydrogens (primary N) is 1. The van der Waals surface area contributed by atoms with Gasteiger partial charge in [-0.3, -0.25) is 4.79 Å². The Balaban J connectivity index is 4.24. The van der Waals surface area contributed by atoms with Crippen molar-refractivity contribution in [3.8, 4) is 0 Å². The molecule has 0 aromatic heterocycles. The minimum Gasteiger partial charge on any atom is -0.481 e. The topological polar surface area (TPSA) is 83.5 Å². The van der Waals surface area contributed by atoms with Crippen LogP contribution in [0.5, 0.6) is 0 Å². The van der Waals surface area contributed by atoms with E-state index in [-0.39, 0.29) is 4.99 Å². The molecule has 0 saturated carbocycles. The number of hydrogen-bond acceptors (Lipinski definition) is 3. The zero-order chi connectivity index (χ0) is 11.2. The van der Waals surface area contributed by atoms with Gasteiger partial charge in [-0.1, -0.05) is 38.4 Å². The van der Waals surface area contributed by atoms with Gasteiger partial charge < -0.3 is 15.9 Å². The lowest BCUT2D eigenvalue weighted by molar-refractivity contribution is -0.140. The van der Waals surface area contributed by atoms with E-state index < -0.39 is 18.0 Å². The van der Waals surface area contributed by atoms with Crippen molar-refractivity contribution in [2.45, 2.75) is 44.6 Å². The summed E-state index contributed by atoms with van der Waals surface area (Å²) in [5.74, 6) is -1.09. The highest BCUT2D eigenvalue weighted by atomic mass is 32.1. The van der Waals surface area contributed by atoms with Crippen LogP contribution in [0.25, 0.3) is 0 Å². The molecule has 0 aromatic carbocycles. The second kappa shape index (κ2) is 5.93. The molecule has 5 heteroatoms. The van der Waals surface area contributed by atoms with E-state index in [0.717, 1.165) is 19.3 Å². The van der Waals surface area contributed by atoms with Gasteiger partial charge in [-0.15, -0.1) is 0 Å². The fourth-order valence-electron chi connectivity index (χ4n) is 1.22. The molecule has 0 aliphatic carbocycles. The van der Waals surface area contributed by atoms with Crippen LogP contribution in [0.2, 0.25) is 0 Å². The largest absolute Gasteiger partial charge is 0.481 e. The molecule has 14 heavy (non-hydrogen) atoms. The third-order valence-corrected chi connectivity index (χ3v) is 2.48. The third kappa shape index (κ3) is 4.53. The van der Waals surface area contributed by atoms with Crippen LogP contribution in [0, 0.1) is 0 Å². The fraction of sp³-hybridized carbons (Fsp3) is 0.778. The van der Waals surface area contributed by atoms with Gasteiger partial charge in [0, 0.05) is 0 Å². The van der Waals surface area contributed by atoms with Crippen molar-refractivity contribution >= 4 is 23.2 Å². The van der Waals surface area contributed by atoms with Gasteiger partial charge in [0.2, 0.25) is 0 Å². The van der Waals surface area contributed by atoms with Gasteiger partial charge >= 0.3 is 5.97 Å². The third-order valence-electron chi connectivity index (χ3n) is 2.10. The zero-order valence-electron chi connectivity index (χ0n) is 8.32. The van der Waals surface area contributed by atoms with Gasteiger partial charge in [0.25, 0.3) is 0 Å².